The Morgan fingerprint density at radius 1 is 1.10 bits per heavy atom. The number of carbonyl (C=O) groups is 2. The summed E-state index contributed by atoms with van der Waals surface area (Å²) in [5.74, 6) is -1.04. The maximum atomic E-state index is 13.7. The third kappa shape index (κ3) is 5.85. The van der Waals surface area contributed by atoms with Crippen molar-refractivity contribution >= 4 is 34.6 Å². The molecule has 2 N–H and O–H groups in total. The van der Waals surface area contributed by atoms with Crippen LogP contribution >= 0.6 is 11.3 Å². The highest BCUT2D eigenvalue weighted by Crippen LogP contribution is 2.17. The molecule has 156 valence electrons. The van der Waals surface area contributed by atoms with Gasteiger partial charge >= 0.3 is 6.03 Å². The molecular weight excluding hydrogens is 407 g/mol. The van der Waals surface area contributed by atoms with Crippen molar-refractivity contribution in [2.75, 3.05) is 30.9 Å². The average molecular weight is 428 g/mol. The predicted molar refractivity (Wildman–Crippen MR) is 114 cm³/mol. The summed E-state index contributed by atoms with van der Waals surface area (Å²) in [5.41, 5.74) is 0.920. The van der Waals surface area contributed by atoms with Crippen molar-refractivity contribution in [2.24, 2.45) is 0 Å². The number of ether oxygens (including phenoxy) is 1. The fraction of sp³-hybridized carbons (Fsp3) is 0.190. The number of amides is 3. The van der Waals surface area contributed by atoms with Crippen molar-refractivity contribution < 1.29 is 18.7 Å². The summed E-state index contributed by atoms with van der Waals surface area (Å²) in [7, 11) is 1.56. The van der Waals surface area contributed by atoms with Gasteiger partial charge in [-0.05, 0) is 24.3 Å². The van der Waals surface area contributed by atoms with E-state index in [-0.39, 0.29) is 24.0 Å². The van der Waals surface area contributed by atoms with Crippen LogP contribution in [0.2, 0.25) is 0 Å². The number of para-hydroxylation sites is 2. The molecular formula is C21H21FN4O3S. The fourth-order valence-corrected chi connectivity index (χ4v) is 3.37. The molecule has 0 aliphatic heterocycles. The number of thiazole rings is 1. The van der Waals surface area contributed by atoms with Crippen molar-refractivity contribution in [1.82, 2.24) is 9.88 Å². The van der Waals surface area contributed by atoms with Gasteiger partial charge in [0.1, 0.15) is 16.5 Å². The lowest BCUT2D eigenvalue weighted by atomic mass is 10.3. The molecule has 0 bridgehead atoms. The Hall–Kier alpha value is -3.30. The van der Waals surface area contributed by atoms with Crippen LogP contribution < -0.4 is 10.6 Å². The highest BCUT2D eigenvalue weighted by atomic mass is 32.1. The normalized spacial score (nSPS) is 10.5. The third-order valence-corrected chi connectivity index (χ3v) is 4.94. The zero-order valence-corrected chi connectivity index (χ0v) is 17.1. The van der Waals surface area contributed by atoms with Crippen molar-refractivity contribution in [1.29, 1.82) is 0 Å². The van der Waals surface area contributed by atoms with Crippen LogP contribution in [-0.2, 0) is 11.3 Å². The van der Waals surface area contributed by atoms with E-state index in [1.165, 1.54) is 23.5 Å². The number of hydrogen-bond donors (Lipinski definition) is 2. The number of aromatic nitrogens is 1. The molecule has 3 aromatic rings. The molecule has 7 nitrogen and oxygen atoms in total. The lowest BCUT2D eigenvalue weighted by Gasteiger charge is -2.21. The van der Waals surface area contributed by atoms with Crippen LogP contribution in [0.3, 0.4) is 0 Å². The van der Waals surface area contributed by atoms with E-state index >= 15 is 0 Å². The summed E-state index contributed by atoms with van der Waals surface area (Å²) >= 11 is 1.25. The largest absolute Gasteiger partial charge is 0.383 e. The van der Waals surface area contributed by atoms with Crippen LogP contribution in [0, 0.1) is 5.82 Å². The number of hydrogen-bond acceptors (Lipinski definition) is 5. The van der Waals surface area contributed by atoms with Crippen molar-refractivity contribution in [3.8, 4) is 0 Å². The molecule has 0 saturated heterocycles. The monoisotopic (exact) mass is 428 g/mol. The second-order valence-corrected chi connectivity index (χ2v) is 7.21. The molecule has 0 aliphatic carbocycles. The maximum Gasteiger partial charge on any atom is 0.322 e. The Kier molecular flexibility index (Phi) is 7.47. The maximum absolute atomic E-state index is 13.7. The zero-order valence-electron chi connectivity index (χ0n) is 16.3. The van der Waals surface area contributed by atoms with E-state index in [9.17, 15) is 14.0 Å². The smallest absolute Gasteiger partial charge is 0.322 e. The van der Waals surface area contributed by atoms with Gasteiger partial charge in [0.2, 0.25) is 0 Å². The van der Waals surface area contributed by atoms with Crippen LogP contribution in [0.15, 0.2) is 60.0 Å². The first kappa shape index (κ1) is 21.4. The topological polar surface area (TPSA) is 83.6 Å². The van der Waals surface area contributed by atoms with E-state index in [4.69, 9.17) is 4.74 Å². The number of carbonyl (C=O) groups excluding carboxylic acids is 2. The van der Waals surface area contributed by atoms with Gasteiger partial charge in [-0.15, -0.1) is 11.3 Å². The first-order chi connectivity index (χ1) is 14.6. The third-order valence-electron chi connectivity index (χ3n) is 4.11. The van der Waals surface area contributed by atoms with Gasteiger partial charge in [-0.2, -0.15) is 0 Å². The molecule has 0 unspecified atom stereocenters. The minimum absolute atomic E-state index is 0.0843. The summed E-state index contributed by atoms with van der Waals surface area (Å²) in [5, 5.41) is 7.48. The minimum Gasteiger partial charge on any atom is -0.383 e. The van der Waals surface area contributed by atoms with Gasteiger partial charge in [0.05, 0.1) is 18.8 Å². The fourth-order valence-electron chi connectivity index (χ4n) is 2.58. The molecule has 1 aromatic heterocycles. The number of rotatable bonds is 8. The first-order valence-corrected chi connectivity index (χ1v) is 10.0. The molecule has 0 atom stereocenters. The second-order valence-electron chi connectivity index (χ2n) is 6.27. The SMILES string of the molecule is COCCN(Cc1nc(C(=O)Nc2ccccc2F)cs1)C(=O)Nc1ccccc1. The van der Waals surface area contributed by atoms with E-state index in [0.29, 0.717) is 23.8 Å². The molecule has 9 heteroatoms. The summed E-state index contributed by atoms with van der Waals surface area (Å²) < 4.78 is 18.8. The summed E-state index contributed by atoms with van der Waals surface area (Å²) in [4.78, 5) is 30.9. The Balaban J connectivity index is 1.66. The Labute approximate surface area is 177 Å². The number of nitrogens with one attached hydrogen (secondary N) is 2. The number of nitrogens with zero attached hydrogens (tertiary/aromatic N) is 2. The summed E-state index contributed by atoms with van der Waals surface area (Å²) in [6, 6.07) is 14.7. The predicted octanol–water partition coefficient (Wildman–Crippen LogP) is 4.22. The number of anilines is 2. The highest BCUT2D eigenvalue weighted by Gasteiger charge is 2.18. The molecule has 0 saturated carbocycles. The number of urea groups is 1. The van der Waals surface area contributed by atoms with Gasteiger partial charge in [-0.3, -0.25) is 4.79 Å². The molecule has 0 fully saturated rings. The lowest BCUT2D eigenvalue weighted by molar-refractivity contribution is 0.102. The van der Waals surface area contributed by atoms with Gasteiger partial charge in [0.15, 0.2) is 0 Å². The Morgan fingerprint density at radius 3 is 2.57 bits per heavy atom. The molecule has 2 aromatic carbocycles. The highest BCUT2D eigenvalue weighted by molar-refractivity contribution is 7.09. The van der Waals surface area contributed by atoms with Crippen LogP contribution in [0.5, 0.6) is 0 Å². The zero-order chi connectivity index (χ0) is 21.3. The average Bonchev–Trinajstić information content (AvgIpc) is 3.22. The molecule has 0 radical (unpaired) electrons. The summed E-state index contributed by atoms with van der Waals surface area (Å²) in [6.45, 7) is 0.916. The number of benzene rings is 2. The molecule has 3 rings (SSSR count). The molecule has 1 heterocycles. The van der Waals surface area contributed by atoms with Crippen LogP contribution in [0.4, 0.5) is 20.6 Å². The van der Waals surface area contributed by atoms with Gasteiger partial charge in [0, 0.05) is 24.7 Å². The van der Waals surface area contributed by atoms with Gasteiger partial charge < -0.3 is 20.3 Å². The Morgan fingerprint density at radius 2 is 1.83 bits per heavy atom. The van der Waals surface area contributed by atoms with Gasteiger partial charge in [-0.1, -0.05) is 30.3 Å². The molecule has 0 spiro atoms. The van der Waals surface area contributed by atoms with Crippen LogP contribution in [-0.4, -0.2) is 42.1 Å². The second kappa shape index (κ2) is 10.5. The van der Waals surface area contributed by atoms with E-state index in [1.807, 2.05) is 18.2 Å². The lowest BCUT2D eigenvalue weighted by Crippen LogP contribution is -2.36. The number of halogens is 1. The van der Waals surface area contributed by atoms with E-state index in [1.54, 1.807) is 41.7 Å². The van der Waals surface area contributed by atoms with E-state index in [0.717, 1.165) is 0 Å². The quantitative estimate of drug-likeness (QED) is 0.563. The summed E-state index contributed by atoms with van der Waals surface area (Å²) in [6.07, 6.45) is 0. The van der Waals surface area contributed by atoms with Gasteiger partial charge in [0.25, 0.3) is 5.91 Å². The minimum atomic E-state index is -0.523. The molecule has 3 amide bonds. The van der Waals surface area contributed by atoms with Crippen molar-refractivity contribution in [2.45, 2.75) is 6.54 Å². The number of methoxy groups -OCH3 is 1. The van der Waals surface area contributed by atoms with Crippen LogP contribution in [0.25, 0.3) is 0 Å². The van der Waals surface area contributed by atoms with Crippen LogP contribution in [0.1, 0.15) is 15.5 Å². The van der Waals surface area contributed by atoms with Crippen molar-refractivity contribution in [3.63, 3.8) is 0 Å². The Bertz CT molecular complexity index is 997. The first-order valence-electron chi connectivity index (χ1n) is 9.17. The molecule has 0 aliphatic rings. The van der Waals surface area contributed by atoms with E-state index in [2.05, 4.69) is 15.6 Å². The standard InChI is InChI=1S/C21H21FN4O3S/c1-29-12-11-26(21(28)23-15-7-3-2-4-8-15)13-19-24-18(14-30-19)20(27)25-17-10-6-5-9-16(17)22/h2-10,14H,11-13H2,1H3,(H,23,28)(H,25,27). The van der Waals surface area contributed by atoms with E-state index < -0.39 is 11.7 Å². The molecule has 30 heavy (non-hydrogen) atoms. The van der Waals surface area contributed by atoms with Gasteiger partial charge in [-0.25, -0.2) is 14.2 Å². The van der Waals surface area contributed by atoms with Crippen molar-refractivity contribution in [3.05, 3.63) is 76.5 Å².